The van der Waals surface area contributed by atoms with Gasteiger partial charge in [-0.15, -0.1) is 11.3 Å². The molecule has 0 aliphatic carbocycles. The van der Waals surface area contributed by atoms with Gasteiger partial charge in [0.2, 0.25) is 0 Å². The van der Waals surface area contributed by atoms with Crippen molar-refractivity contribution in [3.05, 3.63) is 40.2 Å². The highest BCUT2D eigenvalue weighted by atomic mass is 32.1. The van der Waals surface area contributed by atoms with Crippen LogP contribution in [-0.4, -0.2) is 41.0 Å². The first-order chi connectivity index (χ1) is 11.2. The highest BCUT2D eigenvalue weighted by Gasteiger charge is 2.41. The molecule has 1 spiro atoms. The van der Waals surface area contributed by atoms with Gasteiger partial charge in [-0.2, -0.15) is 0 Å². The number of nitrogens with zero attached hydrogens (tertiary/aromatic N) is 3. The minimum absolute atomic E-state index is 0.483. The molecule has 0 aromatic carbocycles. The largest absolute Gasteiger partial charge is 0.465 e. The Bertz CT molecular complexity index is 638. The Balaban J connectivity index is 1.36. The van der Waals surface area contributed by atoms with Crippen molar-refractivity contribution < 1.29 is 4.42 Å². The molecule has 0 radical (unpaired) electrons. The fourth-order valence-electron chi connectivity index (χ4n) is 4.25. The Kier molecular flexibility index (Phi) is 4.26. The van der Waals surface area contributed by atoms with Gasteiger partial charge in [0.15, 0.2) is 0 Å². The molecule has 2 saturated heterocycles. The van der Waals surface area contributed by atoms with E-state index in [1.807, 2.05) is 13.1 Å². The van der Waals surface area contributed by atoms with Crippen molar-refractivity contribution in [1.82, 2.24) is 14.8 Å². The minimum Gasteiger partial charge on any atom is -0.465 e. The van der Waals surface area contributed by atoms with Crippen LogP contribution in [0.3, 0.4) is 0 Å². The fourth-order valence-corrected chi connectivity index (χ4v) is 4.91. The smallest absolute Gasteiger partial charge is 0.118 e. The zero-order chi connectivity index (χ0) is 15.7. The molecule has 1 atom stereocenters. The predicted octanol–water partition coefficient (Wildman–Crippen LogP) is 3.53. The van der Waals surface area contributed by atoms with Crippen LogP contribution < -0.4 is 0 Å². The van der Waals surface area contributed by atoms with Crippen molar-refractivity contribution in [3.8, 4) is 0 Å². The van der Waals surface area contributed by atoms with E-state index in [-0.39, 0.29) is 0 Å². The Morgan fingerprint density at radius 1 is 1.17 bits per heavy atom. The Morgan fingerprint density at radius 3 is 2.78 bits per heavy atom. The van der Waals surface area contributed by atoms with E-state index >= 15 is 0 Å². The number of piperidine rings is 1. The highest BCUT2D eigenvalue weighted by Crippen LogP contribution is 2.39. The topological polar surface area (TPSA) is 32.5 Å². The number of furan rings is 1. The molecule has 0 N–H and O–H groups in total. The summed E-state index contributed by atoms with van der Waals surface area (Å²) in [5.74, 6) is 2.12. The SMILES string of the molecule is Cc1ccc(CN2CCC3(CCCN(Cc4nccs4)C3)C2)o1. The monoisotopic (exact) mass is 331 g/mol. The lowest BCUT2D eigenvalue weighted by Crippen LogP contribution is -2.44. The molecule has 4 rings (SSSR count). The van der Waals surface area contributed by atoms with Gasteiger partial charge < -0.3 is 4.42 Å². The number of aromatic nitrogens is 1. The third-order valence-electron chi connectivity index (χ3n) is 5.28. The number of likely N-dealkylation sites (tertiary alicyclic amines) is 2. The predicted molar refractivity (Wildman–Crippen MR) is 92.4 cm³/mol. The van der Waals surface area contributed by atoms with Gasteiger partial charge >= 0.3 is 0 Å². The molecule has 5 heteroatoms. The Labute approximate surface area is 142 Å². The van der Waals surface area contributed by atoms with E-state index in [2.05, 4.69) is 32.3 Å². The van der Waals surface area contributed by atoms with Gasteiger partial charge in [0.1, 0.15) is 16.5 Å². The standard InChI is InChI=1S/C18H25N3OS/c1-15-3-4-16(22-15)11-21-9-6-18(14-21)5-2-8-20(13-18)12-17-19-7-10-23-17/h3-4,7,10H,2,5-6,8-9,11-14H2,1H3. The molecule has 124 valence electrons. The number of rotatable bonds is 4. The maximum absolute atomic E-state index is 5.75. The van der Waals surface area contributed by atoms with E-state index in [0.29, 0.717) is 5.41 Å². The van der Waals surface area contributed by atoms with Crippen molar-refractivity contribution in [1.29, 1.82) is 0 Å². The van der Waals surface area contributed by atoms with Crippen LogP contribution in [0.1, 0.15) is 35.8 Å². The second-order valence-corrected chi connectivity index (χ2v) is 8.19. The van der Waals surface area contributed by atoms with Crippen LogP contribution in [0.15, 0.2) is 28.1 Å². The van der Waals surface area contributed by atoms with E-state index in [1.165, 1.54) is 50.4 Å². The summed E-state index contributed by atoms with van der Waals surface area (Å²) in [6.07, 6.45) is 5.93. The van der Waals surface area contributed by atoms with Crippen LogP contribution in [0.4, 0.5) is 0 Å². The lowest BCUT2D eigenvalue weighted by molar-refractivity contribution is 0.0857. The number of hydrogen-bond acceptors (Lipinski definition) is 5. The summed E-state index contributed by atoms with van der Waals surface area (Å²) in [5.41, 5.74) is 0.483. The molecule has 2 aromatic rings. The van der Waals surface area contributed by atoms with Gasteiger partial charge in [-0.25, -0.2) is 4.98 Å². The van der Waals surface area contributed by atoms with E-state index in [9.17, 15) is 0 Å². The summed E-state index contributed by atoms with van der Waals surface area (Å²) in [5, 5.41) is 3.33. The minimum atomic E-state index is 0.483. The summed E-state index contributed by atoms with van der Waals surface area (Å²) < 4.78 is 5.75. The summed E-state index contributed by atoms with van der Waals surface area (Å²) in [6, 6.07) is 4.19. The zero-order valence-corrected chi connectivity index (χ0v) is 14.6. The van der Waals surface area contributed by atoms with Crippen molar-refractivity contribution in [2.24, 2.45) is 5.41 Å². The number of thiazole rings is 1. The normalized spacial score (nSPS) is 26.3. The molecule has 0 bridgehead atoms. The first-order valence-electron chi connectivity index (χ1n) is 8.59. The van der Waals surface area contributed by atoms with Crippen LogP contribution >= 0.6 is 11.3 Å². The molecule has 23 heavy (non-hydrogen) atoms. The van der Waals surface area contributed by atoms with Crippen LogP contribution in [0, 0.1) is 12.3 Å². The summed E-state index contributed by atoms with van der Waals surface area (Å²) in [7, 11) is 0. The van der Waals surface area contributed by atoms with Gasteiger partial charge in [-0.3, -0.25) is 9.80 Å². The molecule has 1 unspecified atom stereocenters. The molecular weight excluding hydrogens is 306 g/mol. The quantitative estimate of drug-likeness (QED) is 0.858. The second-order valence-electron chi connectivity index (χ2n) is 7.21. The first-order valence-corrected chi connectivity index (χ1v) is 9.47. The Hall–Kier alpha value is -1.17. The molecule has 0 saturated carbocycles. The zero-order valence-electron chi connectivity index (χ0n) is 13.8. The van der Waals surface area contributed by atoms with Gasteiger partial charge in [0, 0.05) is 24.7 Å². The van der Waals surface area contributed by atoms with Gasteiger partial charge in [-0.05, 0) is 56.8 Å². The van der Waals surface area contributed by atoms with E-state index < -0.39 is 0 Å². The molecule has 2 aromatic heterocycles. The Morgan fingerprint density at radius 2 is 2.04 bits per heavy atom. The molecule has 0 amide bonds. The maximum atomic E-state index is 5.75. The summed E-state index contributed by atoms with van der Waals surface area (Å²) in [4.78, 5) is 9.64. The average Bonchev–Trinajstić information content (AvgIpc) is 3.24. The van der Waals surface area contributed by atoms with Crippen LogP contribution in [-0.2, 0) is 13.1 Å². The summed E-state index contributed by atoms with van der Waals surface area (Å²) in [6.45, 7) is 8.86. The number of aryl methyl sites for hydroxylation is 1. The maximum Gasteiger partial charge on any atom is 0.118 e. The van der Waals surface area contributed by atoms with Crippen molar-refractivity contribution >= 4 is 11.3 Å². The molecule has 2 aliphatic heterocycles. The van der Waals surface area contributed by atoms with Crippen LogP contribution in [0.25, 0.3) is 0 Å². The highest BCUT2D eigenvalue weighted by molar-refractivity contribution is 7.09. The average molecular weight is 331 g/mol. The van der Waals surface area contributed by atoms with Crippen molar-refractivity contribution in [2.45, 2.75) is 39.3 Å². The van der Waals surface area contributed by atoms with E-state index in [0.717, 1.165) is 24.6 Å². The lowest BCUT2D eigenvalue weighted by atomic mass is 9.79. The first kappa shape index (κ1) is 15.4. The van der Waals surface area contributed by atoms with Gasteiger partial charge in [0.05, 0.1) is 13.1 Å². The number of hydrogen-bond donors (Lipinski definition) is 0. The molecule has 2 aliphatic rings. The third kappa shape index (κ3) is 3.52. The summed E-state index contributed by atoms with van der Waals surface area (Å²) >= 11 is 1.78. The third-order valence-corrected chi connectivity index (χ3v) is 6.04. The molecule has 4 nitrogen and oxygen atoms in total. The van der Waals surface area contributed by atoms with E-state index in [4.69, 9.17) is 4.42 Å². The molecule has 4 heterocycles. The second kappa shape index (κ2) is 6.38. The van der Waals surface area contributed by atoms with Crippen LogP contribution in [0.2, 0.25) is 0 Å². The fraction of sp³-hybridized carbons (Fsp3) is 0.611. The van der Waals surface area contributed by atoms with Crippen molar-refractivity contribution in [2.75, 3.05) is 26.2 Å². The van der Waals surface area contributed by atoms with Crippen LogP contribution in [0.5, 0.6) is 0 Å². The van der Waals surface area contributed by atoms with Gasteiger partial charge in [0.25, 0.3) is 0 Å². The molecule has 2 fully saturated rings. The molecular formula is C18H25N3OS. The van der Waals surface area contributed by atoms with Crippen molar-refractivity contribution in [3.63, 3.8) is 0 Å². The van der Waals surface area contributed by atoms with Gasteiger partial charge in [-0.1, -0.05) is 0 Å². The lowest BCUT2D eigenvalue weighted by Gasteiger charge is -2.40. The van der Waals surface area contributed by atoms with E-state index in [1.54, 1.807) is 11.3 Å².